The Morgan fingerprint density at radius 3 is 2.79 bits per heavy atom. The van der Waals surface area contributed by atoms with Gasteiger partial charge in [-0.2, -0.15) is 5.10 Å². The number of hydrogen-bond donors (Lipinski definition) is 2. The SMILES string of the molecule is Nc1cnn(CC(=O)N(CCO)C2CCCCC2)c1. The summed E-state index contributed by atoms with van der Waals surface area (Å²) in [6, 6.07) is 0.265. The molecule has 0 unspecified atom stereocenters. The van der Waals surface area contributed by atoms with Gasteiger partial charge in [-0.05, 0) is 12.8 Å². The second-order valence-corrected chi connectivity index (χ2v) is 5.07. The first-order valence-corrected chi connectivity index (χ1v) is 6.89. The molecule has 1 amide bonds. The number of nitrogen functional groups attached to an aromatic ring is 1. The fourth-order valence-corrected chi connectivity index (χ4v) is 2.71. The van der Waals surface area contributed by atoms with Crippen LogP contribution in [0.2, 0.25) is 0 Å². The number of hydrogen-bond acceptors (Lipinski definition) is 4. The van der Waals surface area contributed by atoms with E-state index in [0.717, 1.165) is 25.7 Å². The Morgan fingerprint density at radius 2 is 2.21 bits per heavy atom. The highest BCUT2D eigenvalue weighted by atomic mass is 16.3. The molecule has 1 aromatic heterocycles. The van der Waals surface area contributed by atoms with Gasteiger partial charge < -0.3 is 15.7 Å². The van der Waals surface area contributed by atoms with Crippen LogP contribution in [0.15, 0.2) is 12.4 Å². The number of carbonyl (C=O) groups excluding carboxylic acids is 1. The van der Waals surface area contributed by atoms with Gasteiger partial charge in [0.15, 0.2) is 0 Å². The molecule has 0 aliphatic heterocycles. The van der Waals surface area contributed by atoms with Crippen molar-refractivity contribution in [1.29, 1.82) is 0 Å². The maximum Gasteiger partial charge on any atom is 0.244 e. The molecular formula is C13H22N4O2. The zero-order chi connectivity index (χ0) is 13.7. The van der Waals surface area contributed by atoms with Crippen LogP contribution in [-0.2, 0) is 11.3 Å². The first-order chi connectivity index (χ1) is 9.20. The molecule has 2 rings (SSSR count). The first-order valence-electron chi connectivity index (χ1n) is 6.89. The van der Waals surface area contributed by atoms with E-state index in [9.17, 15) is 4.79 Å². The zero-order valence-electron chi connectivity index (χ0n) is 11.2. The van der Waals surface area contributed by atoms with Gasteiger partial charge in [0.05, 0.1) is 18.5 Å². The van der Waals surface area contributed by atoms with Gasteiger partial charge in [0, 0.05) is 18.8 Å². The minimum Gasteiger partial charge on any atom is -0.396 e. The third-order valence-corrected chi connectivity index (χ3v) is 3.63. The second-order valence-electron chi connectivity index (χ2n) is 5.07. The maximum atomic E-state index is 12.3. The van der Waals surface area contributed by atoms with Crippen molar-refractivity contribution in [3.05, 3.63) is 12.4 Å². The number of aliphatic hydroxyl groups excluding tert-OH is 1. The summed E-state index contributed by atoms with van der Waals surface area (Å²) in [5.41, 5.74) is 6.14. The zero-order valence-corrected chi connectivity index (χ0v) is 11.2. The lowest BCUT2D eigenvalue weighted by Gasteiger charge is -2.34. The van der Waals surface area contributed by atoms with Crippen LogP contribution in [0, 0.1) is 0 Å². The topological polar surface area (TPSA) is 84.4 Å². The van der Waals surface area contributed by atoms with Crippen LogP contribution in [-0.4, -0.2) is 44.9 Å². The Balaban J connectivity index is 1.98. The van der Waals surface area contributed by atoms with Crippen LogP contribution < -0.4 is 5.73 Å². The van der Waals surface area contributed by atoms with E-state index >= 15 is 0 Å². The van der Waals surface area contributed by atoms with Crippen molar-refractivity contribution in [1.82, 2.24) is 14.7 Å². The van der Waals surface area contributed by atoms with Crippen LogP contribution in [0.3, 0.4) is 0 Å². The third-order valence-electron chi connectivity index (χ3n) is 3.63. The molecule has 1 heterocycles. The predicted octanol–water partition coefficient (Wildman–Crippen LogP) is 0.619. The summed E-state index contributed by atoms with van der Waals surface area (Å²) >= 11 is 0. The van der Waals surface area contributed by atoms with Gasteiger partial charge in [-0.1, -0.05) is 19.3 Å². The van der Waals surface area contributed by atoms with Gasteiger partial charge in [-0.15, -0.1) is 0 Å². The monoisotopic (exact) mass is 266 g/mol. The summed E-state index contributed by atoms with van der Waals surface area (Å²) in [4.78, 5) is 14.1. The minimum absolute atomic E-state index is 0.00346. The second kappa shape index (κ2) is 6.56. The summed E-state index contributed by atoms with van der Waals surface area (Å²) in [5.74, 6) is 0.00375. The van der Waals surface area contributed by atoms with Crippen LogP contribution in [0.4, 0.5) is 5.69 Å². The maximum absolute atomic E-state index is 12.3. The standard InChI is InChI=1S/C13H22N4O2/c14-11-8-15-16(9-11)10-13(19)17(6-7-18)12-4-2-1-3-5-12/h8-9,12,18H,1-7,10,14H2. The van der Waals surface area contributed by atoms with Gasteiger partial charge in [0.1, 0.15) is 6.54 Å². The van der Waals surface area contributed by atoms with E-state index in [1.54, 1.807) is 15.8 Å². The van der Waals surface area contributed by atoms with Crippen LogP contribution >= 0.6 is 0 Å². The molecule has 0 bridgehead atoms. The number of nitrogens with zero attached hydrogens (tertiary/aromatic N) is 3. The van der Waals surface area contributed by atoms with Gasteiger partial charge in [-0.25, -0.2) is 0 Å². The largest absolute Gasteiger partial charge is 0.396 e. The molecule has 19 heavy (non-hydrogen) atoms. The molecule has 0 atom stereocenters. The van der Waals surface area contributed by atoms with Gasteiger partial charge >= 0.3 is 0 Å². The Kier molecular flexibility index (Phi) is 4.79. The number of aromatic nitrogens is 2. The van der Waals surface area contributed by atoms with E-state index in [1.165, 1.54) is 12.6 Å². The van der Waals surface area contributed by atoms with Crippen LogP contribution in [0.25, 0.3) is 0 Å². The van der Waals surface area contributed by atoms with E-state index in [-0.39, 0.29) is 25.1 Å². The Labute approximate surface area is 113 Å². The number of carbonyl (C=O) groups is 1. The van der Waals surface area contributed by atoms with E-state index in [2.05, 4.69) is 5.10 Å². The molecule has 1 aliphatic carbocycles. The molecule has 3 N–H and O–H groups in total. The summed E-state index contributed by atoms with van der Waals surface area (Å²) in [6.07, 6.45) is 8.82. The molecule has 0 spiro atoms. The van der Waals surface area contributed by atoms with Crippen molar-refractivity contribution in [2.45, 2.75) is 44.7 Å². The molecule has 1 aromatic rings. The minimum atomic E-state index is 0.00346. The van der Waals surface area contributed by atoms with E-state index in [1.807, 2.05) is 0 Å². The van der Waals surface area contributed by atoms with E-state index < -0.39 is 0 Å². The summed E-state index contributed by atoms with van der Waals surface area (Å²) in [5, 5.41) is 13.2. The highest BCUT2D eigenvalue weighted by Crippen LogP contribution is 2.22. The summed E-state index contributed by atoms with van der Waals surface area (Å²) in [6.45, 7) is 0.595. The Morgan fingerprint density at radius 1 is 1.47 bits per heavy atom. The highest BCUT2D eigenvalue weighted by Gasteiger charge is 2.25. The Hall–Kier alpha value is -1.56. The Bertz CT molecular complexity index is 413. The number of anilines is 1. The number of aliphatic hydroxyl groups is 1. The smallest absolute Gasteiger partial charge is 0.244 e. The average Bonchev–Trinajstić information content (AvgIpc) is 2.82. The summed E-state index contributed by atoms with van der Waals surface area (Å²) < 4.78 is 1.55. The predicted molar refractivity (Wildman–Crippen MR) is 72.3 cm³/mol. The average molecular weight is 266 g/mol. The highest BCUT2D eigenvalue weighted by molar-refractivity contribution is 5.76. The van der Waals surface area contributed by atoms with Gasteiger partial charge in [-0.3, -0.25) is 9.48 Å². The van der Waals surface area contributed by atoms with E-state index in [4.69, 9.17) is 10.8 Å². The van der Waals surface area contributed by atoms with Crippen molar-refractivity contribution < 1.29 is 9.90 Å². The van der Waals surface area contributed by atoms with Gasteiger partial charge in [0.2, 0.25) is 5.91 Å². The molecule has 0 aromatic carbocycles. The van der Waals surface area contributed by atoms with Crippen molar-refractivity contribution in [3.8, 4) is 0 Å². The van der Waals surface area contributed by atoms with Gasteiger partial charge in [0.25, 0.3) is 0 Å². The normalized spacial score (nSPS) is 16.5. The molecule has 6 heteroatoms. The quantitative estimate of drug-likeness (QED) is 0.818. The lowest BCUT2D eigenvalue weighted by molar-refractivity contribution is -0.135. The fourth-order valence-electron chi connectivity index (χ4n) is 2.71. The lowest BCUT2D eigenvalue weighted by Crippen LogP contribution is -2.44. The van der Waals surface area contributed by atoms with Crippen molar-refractivity contribution in [2.24, 2.45) is 0 Å². The summed E-state index contributed by atoms with van der Waals surface area (Å²) in [7, 11) is 0. The molecular weight excluding hydrogens is 244 g/mol. The van der Waals surface area contributed by atoms with Crippen molar-refractivity contribution >= 4 is 11.6 Å². The molecule has 6 nitrogen and oxygen atoms in total. The van der Waals surface area contributed by atoms with Crippen LogP contribution in [0.5, 0.6) is 0 Å². The molecule has 1 saturated carbocycles. The van der Waals surface area contributed by atoms with E-state index in [0.29, 0.717) is 12.2 Å². The van der Waals surface area contributed by atoms with Crippen molar-refractivity contribution in [2.75, 3.05) is 18.9 Å². The van der Waals surface area contributed by atoms with Crippen LogP contribution in [0.1, 0.15) is 32.1 Å². The fraction of sp³-hybridized carbons (Fsp3) is 0.692. The third kappa shape index (κ3) is 3.70. The molecule has 1 aliphatic rings. The molecule has 0 radical (unpaired) electrons. The number of amides is 1. The molecule has 106 valence electrons. The van der Waals surface area contributed by atoms with Crippen molar-refractivity contribution in [3.63, 3.8) is 0 Å². The molecule has 0 saturated heterocycles. The lowest BCUT2D eigenvalue weighted by atomic mass is 9.94. The number of rotatable bonds is 5. The number of nitrogens with two attached hydrogens (primary N) is 1. The molecule has 1 fully saturated rings. The first kappa shape index (κ1) is 13.9.